The van der Waals surface area contributed by atoms with Gasteiger partial charge in [-0.3, -0.25) is 4.79 Å². The van der Waals surface area contributed by atoms with Crippen molar-refractivity contribution < 1.29 is 19.1 Å². The van der Waals surface area contributed by atoms with Crippen LogP contribution in [0.5, 0.6) is 0 Å². The Morgan fingerprint density at radius 2 is 1.96 bits per heavy atom. The molecule has 1 fully saturated rings. The zero-order chi connectivity index (χ0) is 17.3. The molecular weight excluding hydrogens is 313 g/mol. The van der Waals surface area contributed by atoms with Gasteiger partial charge in [-0.1, -0.05) is 0 Å². The van der Waals surface area contributed by atoms with Crippen LogP contribution >= 0.6 is 0 Å². The highest BCUT2D eigenvalue weighted by molar-refractivity contribution is 5.97. The maximum atomic E-state index is 13.1. The van der Waals surface area contributed by atoms with Crippen LogP contribution in [0, 0.1) is 12.7 Å². The fraction of sp³-hybridized carbons (Fsp3) is 0.353. The minimum Gasteiger partial charge on any atom is -0.480 e. The Hall–Kier alpha value is -2.70. The zero-order valence-corrected chi connectivity index (χ0v) is 13.3. The highest BCUT2D eigenvalue weighted by atomic mass is 19.1. The number of benzene rings is 1. The number of nitrogens with zero attached hydrogens (tertiary/aromatic N) is 3. The third-order valence-corrected chi connectivity index (χ3v) is 4.36. The van der Waals surface area contributed by atoms with Crippen LogP contribution in [0.3, 0.4) is 0 Å². The van der Waals surface area contributed by atoms with E-state index in [2.05, 4.69) is 5.10 Å². The maximum Gasteiger partial charge on any atom is 0.326 e. The summed E-state index contributed by atoms with van der Waals surface area (Å²) >= 11 is 0. The quantitative estimate of drug-likeness (QED) is 0.937. The van der Waals surface area contributed by atoms with E-state index in [-0.39, 0.29) is 11.7 Å². The highest BCUT2D eigenvalue weighted by Crippen LogP contribution is 2.22. The lowest BCUT2D eigenvalue weighted by molar-refractivity contribution is -0.143. The first-order valence-corrected chi connectivity index (χ1v) is 7.83. The predicted octanol–water partition coefficient (Wildman–Crippen LogP) is 2.40. The van der Waals surface area contributed by atoms with Gasteiger partial charge in [-0.15, -0.1) is 0 Å². The van der Waals surface area contributed by atoms with Gasteiger partial charge in [-0.2, -0.15) is 5.10 Å². The summed E-state index contributed by atoms with van der Waals surface area (Å²) in [5, 5.41) is 13.5. The van der Waals surface area contributed by atoms with E-state index in [1.807, 2.05) is 0 Å². The van der Waals surface area contributed by atoms with Crippen LogP contribution in [0.25, 0.3) is 5.69 Å². The molecule has 126 valence electrons. The second-order valence-corrected chi connectivity index (χ2v) is 5.88. The van der Waals surface area contributed by atoms with Crippen LogP contribution in [-0.2, 0) is 4.79 Å². The van der Waals surface area contributed by atoms with E-state index in [4.69, 9.17) is 0 Å². The van der Waals surface area contributed by atoms with Gasteiger partial charge < -0.3 is 10.0 Å². The predicted molar refractivity (Wildman–Crippen MR) is 84.6 cm³/mol. The number of piperidine rings is 1. The maximum absolute atomic E-state index is 13.1. The standard InChI is InChI=1S/C17H18FN3O3/c1-11-14(10-19-21(11)13-7-5-12(18)6-8-13)16(22)20-9-3-2-4-15(20)17(23)24/h5-8,10,15H,2-4,9H2,1H3,(H,23,24)/t15-/m1/s1. The van der Waals surface area contributed by atoms with E-state index in [1.54, 1.807) is 23.7 Å². The van der Waals surface area contributed by atoms with Gasteiger partial charge in [0.25, 0.3) is 5.91 Å². The van der Waals surface area contributed by atoms with Gasteiger partial charge in [0.1, 0.15) is 11.9 Å². The number of carboxylic acid groups (broad SMARTS) is 1. The molecule has 1 aliphatic heterocycles. The molecule has 1 aromatic carbocycles. The number of hydrogen-bond acceptors (Lipinski definition) is 3. The Labute approximate surface area is 138 Å². The first-order valence-electron chi connectivity index (χ1n) is 7.83. The lowest BCUT2D eigenvalue weighted by Gasteiger charge is -2.32. The number of carbonyl (C=O) groups excluding carboxylic acids is 1. The number of likely N-dealkylation sites (tertiary alicyclic amines) is 1. The summed E-state index contributed by atoms with van der Waals surface area (Å²) in [6, 6.07) is 5.00. The van der Waals surface area contributed by atoms with Crippen molar-refractivity contribution >= 4 is 11.9 Å². The van der Waals surface area contributed by atoms with Gasteiger partial charge >= 0.3 is 5.97 Å². The average molecular weight is 331 g/mol. The van der Waals surface area contributed by atoms with E-state index < -0.39 is 12.0 Å². The number of hydrogen-bond donors (Lipinski definition) is 1. The average Bonchev–Trinajstić information content (AvgIpc) is 2.96. The van der Waals surface area contributed by atoms with Gasteiger partial charge in [0.15, 0.2) is 0 Å². The summed E-state index contributed by atoms with van der Waals surface area (Å²) in [4.78, 5) is 25.6. The molecule has 0 radical (unpaired) electrons. The minimum absolute atomic E-state index is 0.326. The SMILES string of the molecule is Cc1c(C(=O)N2CCCC[C@@H]2C(=O)O)cnn1-c1ccc(F)cc1. The van der Waals surface area contributed by atoms with E-state index in [0.717, 1.165) is 12.8 Å². The summed E-state index contributed by atoms with van der Waals surface area (Å²) in [5.41, 5.74) is 1.61. The summed E-state index contributed by atoms with van der Waals surface area (Å²) in [6.07, 6.45) is 3.50. The van der Waals surface area contributed by atoms with Gasteiger partial charge in [0, 0.05) is 6.54 Å². The van der Waals surface area contributed by atoms with Crippen LogP contribution in [0.15, 0.2) is 30.5 Å². The Balaban J connectivity index is 1.91. The third kappa shape index (κ3) is 2.89. The molecule has 0 saturated carbocycles. The van der Waals surface area contributed by atoms with Crippen LogP contribution in [0.2, 0.25) is 0 Å². The zero-order valence-electron chi connectivity index (χ0n) is 13.3. The molecule has 2 aromatic rings. The molecule has 1 aliphatic rings. The Bertz CT molecular complexity index is 770. The highest BCUT2D eigenvalue weighted by Gasteiger charge is 2.33. The summed E-state index contributed by atoms with van der Waals surface area (Å²) < 4.78 is 14.6. The molecule has 0 bridgehead atoms. The number of aliphatic carboxylic acids is 1. The Morgan fingerprint density at radius 3 is 2.62 bits per heavy atom. The first-order chi connectivity index (χ1) is 11.5. The topological polar surface area (TPSA) is 75.4 Å². The summed E-state index contributed by atoms with van der Waals surface area (Å²) in [7, 11) is 0. The second kappa shape index (κ2) is 6.43. The van der Waals surface area contributed by atoms with Crippen LogP contribution in [-0.4, -0.2) is 44.3 Å². The number of carbonyl (C=O) groups is 2. The number of carboxylic acids is 1. The lowest BCUT2D eigenvalue weighted by atomic mass is 10.0. The molecule has 1 amide bonds. The summed E-state index contributed by atoms with van der Waals surface area (Å²) in [5.74, 6) is -1.66. The number of halogens is 1. The van der Waals surface area contributed by atoms with Crippen molar-refractivity contribution in [2.24, 2.45) is 0 Å². The molecule has 1 saturated heterocycles. The molecule has 2 heterocycles. The molecule has 0 spiro atoms. The van der Waals surface area contributed by atoms with E-state index in [9.17, 15) is 19.1 Å². The molecule has 1 N–H and O–H groups in total. The molecular formula is C17H18FN3O3. The molecule has 0 aliphatic carbocycles. The van der Waals surface area contributed by atoms with Crippen molar-refractivity contribution in [2.45, 2.75) is 32.2 Å². The number of amides is 1. The molecule has 1 aromatic heterocycles. The van der Waals surface area contributed by atoms with Gasteiger partial charge in [-0.05, 0) is 50.5 Å². The van der Waals surface area contributed by atoms with Crippen LogP contribution in [0.4, 0.5) is 4.39 Å². The molecule has 3 rings (SSSR count). The minimum atomic E-state index is -0.980. The first kappa shape index (κ1) is 16.2. The molecule has 7 heteroatoms. The Morgan fingerprint density at radius 1 is 1.25 bits per heavy atom. The largest absolute Gasteiger partial charge is 0.480 e. The lowest BCUT2D eigenvalue weighted by Crippen LogP contribution is -2.48. The number of rotatable bonds is 3. The molecule has 1 atom stereocenters. The van der Waals surface area contributed by atoms with Crippen molar-refractivity contribution in [2.75, 3.05) is 6.54 Å². The molecule has 24 heavy (non-hydrogen) atoms. The van der Waals surface area contributed by atoms with Gasteiger partial charge in [0.2, 0.25) is 0 Å². The van der Waals surface area contributed by atoms with Gasteiger partial charge in [-0.25, -0.2) is 13.9 Å². The fourth-order valence-electron chi connectivity index (χ4n) is 3.05. The molecule has 6 nitrogen and oxygen atoms in total. The van der Waals surface area contributed by atoms with Crippen LogP contribution in [0.1, 0.15) is 35.3 Å². The fourth-order valence-corrected chi connectivity index (χ4v) is 3.05. The van der Waals surface area contributed by atoms with E-state index in [0.29, 0.717) is 29.9 Å². The number of aromatic nitrogens is 2. The smallest absolute Gasteiger partial charge is 0.326 e. The second-order valence-electron chi connectivity index (χ2n) is 5.88. The van der Waals surface area contributed by atoms with Crippen molar-refractivity contribution in [3.63, 3.8) is 0 Å². The van der Waals surface area contributed by atoms with E-state index in [1.165, 1.54) is 23.2 Å². The van der Waals surface area contributed by atoms with Crippen LogP contribution < -0.4 is 0 Å². The normalized spacial score (nSPS) is 17.8. The third-order valence-electron chi connectivity index (χ3n) is 4.36. The van der Waals surface area contributed by atoms with Crippen molar-refractivity contribution in [1.29, 1.82) is 0 Å². The monoisotopic (exact) mass is 331 g/mol. The summed E-state index contributed by atoms with van der Waals surface area (Å²) in [6.45, 7) is 2.17. The van der Waals surface area contributed by atoms with Crippen molar-refractivity contribution in [1.82, 2.24) is 14.7 Å². The van der Waals surface area contributed by atoms with Crippen molar-refractivity contribution in [3.05, 3.63) is 47.5 Å². The van der Waals surface area contributed by atoms with Gasteiger partial charge in [0.05, 0.1) is 23.1 Å². The van der Waals surface area contributed by atoms with E-state index >= 15 is 0 Å². The van der Waals surface area contributed by atoms with Crippen molar-refractivity contribution in [3.8, 4) is 5.69 Å². The molecule has 0 unspecified atom stereocenters. The Kier molecular flexibility index (Phi) is 4.33.